The fourth-order valence-corrected chi connectivity index (χ4v) is 1.28. The molecule has 0 atom stereocenters. The van der Waals surface area contributed by atoms with Crippen molar-refractivity contribution in [1.82, 2.24) is 10.6 Å². The molecule has 5 nitrogen and oxygen atoms in total. The van der Waals surface area contributed by atoms with Crippen LogP contribution in [0.5, 0.6) is 0 Å². The highest BCUT2D eigenvalue weighted by Crippen LogP contribution is 2.14. The van der Waals surface area contributed by atoms with Gasteiger partial charge in [0.2, 0.25) is 5.91 Å². The summed E-state index contributed by atoms with van der Waals surface area (Å²) in [6.45, 7) is 0.210. The van der Waals surface area contributed by atoms with Gasteiger partial charge in [0.1, 0.15) is 0 Å². The van der Waals surface area contributed by atoms with Gasteiger partial charge in [0.15, 0.2) is 0 Å². The standard InChI is InChI=1S/C11H15N3O2.ClH/c1-12-7-10(15)14-9-6-4-3-5-8(9)11(16)13-2;/h3-6,12H,7H2,1-2H3,(H,13,16)(H,14,15);1H. The summed E-state index contributed by atoms with van der Waals surface area (Å²) in [5.41, 5.74) is 0.969. The number of para-hydroxylation sites is 1. The topological polar surface area (TPSA) is 70.2 Å². The van der Waals surface area contributed by atoms with Crippen LogP contribution in [0.25, 0.3) is 0 Å². The number of halogens is 1. The molecule has 0 fully saturated rings. The minimum atomic E-state index is -0.222. The Morgan fingerprint density at radius 1 is 1.18 bits per heavy atom. The third-order valence-corrected chi connectivity index (χ3v) is 2.01. The molecule has 0 unspecified atom stereocenters. The number of benzene rings is 1. The normalized spacial score (nSPS) is 9.06. The van der Waals surface area contributed by atoms with E-state index >= 15 is 0 Å². The van der Waals surface area contributed by atoms with Gasteiger partial charge in [-0.05, 0) is 19.2 Å². The molecule has 94 valence electrons. The molecule has 0 aliphatic heterocycles. The van der Waals surface area contributed by atoms with E-state index in [0.29, 0.717) is 11.3 Å². The Morgan fingerprint density at radius 3 is 2.41 bits per heavy atom. The van der Waals surface area contributed by atoms with Crippen LogP contribution in [-0.2, 0) is 4.79 Å². The summed E-state index contributed by atoms with van der Waals surface area (Å²) in [4.78, 5) is 22.9. The lowest BCUT2D eigenvalue weighted by molar-refractivity contribution is -0.115. The molecule has 0 saturated heterocycles. The van der Waals surface area contributed by atoms with Crippen LogP contribution in [0.15, 0.2) is 24.3 Å². The van der Waals surface area contributed by atoms with E-state index in [1.165, 1.54) is 0 Å². The fourth-order valence-electron chi connectivity index (χ4n) is 1.28. The van der Waals surface area contributed by atoms with Gasteiger partial charge in [0.05, 0.1) is 17.8 Å². The van der Waals surface area contributed by atoms with Crippen LogP contribution in [0.3, 0.4) is 0 Å². The molecule has 1 aromatic rings. The average molecular weight is 258 g/mol. The Kier molecular flexibility index (Phi) is 6.93. The molecule has 0 aliphatic carbocycles. The number of likely N-dealkylation sites (N-methyl/N-ethyl adjacent to an activating group) is 1. The van der Waals surface area contributed by atoms with Gasteiger partial charge in [-0.1, -0.05) is 12.1 Å². The van der Waals surface area contributed by atoms with Gasteiger partial charge in [0, 0.05) is 7.05 Å². The van der Waals surface area contributed by atoms with E-state index in [2.05, 4.69) is 16.0 Å². The molecule has 0 aromatic heterocycles. The minimum Gasteiger partial charge on any atom is -0.355 e. The second-order valence-electron chi connectivity index (χ2n) is 3.20. The maximum atomic E-state index is 11.5. The molecule has 0 radical (unpaired) electrons. The molecule has 0 aliphatic rings. The highest BCUT2D eigenvalue weighted by atomic mass is 35.5. The second kappa shape index (κ2) is 7.65. The predicted molar refractivity (Wildman–Crippen MR) is 69.6 cm³/mol. The van der Waals surface area contributed by atoms with E-state index < -0.39 is 0 Å². The quantitative estimate of drug-likeness (QED) is 0.741. The summed E-state index contributed by atoms with van der Waals surface area (Å²) in [5, 5.41) is 7.92. The molecular weight excluding hydrogens is 242 g/mol. The molecule has 1 rings (SSSR count). The third-order valence-electron chi connectivity index (χ3n) is 2.01. The summed E-state index contributed by atoms with van der Waals surface area (Å²) in [6.07, 6.45) is 0. The van der Waals surface area contributed by atoms with Crippen molar-refractivity contribution in [2.24, 2.45) is 0 Å². The fraction of sp³-hybridized carbons (Fsp3) is 0.273. The number of rotatable bonds is 4. The average Bonchev–Trinajstić information content (AvgIpc) is 2.29. The first-order valence-corrected chi connectivity index (χ1v) is 4.94. The molecular formula is C11H16ClN3O2. The summed E-state index contributed by atoms with van der Waals surface area (Å²) in [6, 6.07) is 6.87. The number of hydrogen-bond acceptors (Lipinski definition) is 3. The van der Waals surface area contributed by atoms with Crippen LogP contribution in [-0.4, -0.2) is 32.5 Å². The van der Waals surface area contributed by atoms with Crippen molar-refractivity contribution in [2.45, 2.75) is 0 Å². The molecule has 3 N–H and O–H groups in total. The van der Waals surface area contributed by atoms with Gasteiger partial charge in [-0.25, -0.2) is 0 Å². The van der Waals surface area contributed by atoms with Crippen molar-refractivity contribution in [3.63, 3.8) is 0 Å². The van der Waals surface area contributed by atoms with E-state index in [1.807, 2.05) is 0 Å². The van der Waals surface area contributed by atoms with Crippen molar-refractivity contribution in [1.29, 1.82) is 0 Å². The van der Waals surface area contributed by atoms with Crippen LogP contribution in [0.2, 0.25) is 0 Å². The van der Waals surface area contributed by atoms with Gasteiger partial charge >= 0.3 is 0 Å². The first-order chi connectivity index (χ1) is 7.69. The maximum absolute atomic E-state index is 11.5. The van der Waals surface area contributed by atoms with Gasteiger partial charge < -0.3 is 16.0 Å². The van der Waals surface area contributed by atoms with E-state index in [9.17, 15) is 9.59 Å². The summed E-state index contributed by atoms with van der Waals surface area (Å²) < 4.78 is 0. The highest BCUT2D eigenvalue weighted by Gasteiger charge is 2.10. The lowest BCUT2D eigenvalue weighted by Gasteiger charge is -2.09. The summed E-state index contributed by atoms with van der Waals surface area (Å²) in [5.74, 6) is -0.404. The zero-order chi connectivity index (χ0) is 12.0. The lowest BCUT2D eigenvalue weighted by Crippen LogP contribution is -2.27. The van der Waals surface area contributed by atoms with Crippen LogP contribution in [0.4, 0.5) is 5.69 Å². The molecule has 0 bridgehead atoms. The van der Waals surface area contributed by atoms with Gasteiger partial charge in [-0.3, -0.25) is 9.59 Å². The number of carbonyl (C=O) groups excluding carboxylic acids is 2. The van der Waals surface area contributed by atoms with Crippen molar-refractivity contribution < 1.29 is 9.59 Å². The SMILES string of the molecule is CNCC(=O)Nc1ccccc1C(=O)NC.Cl. The van der Waals surface area contributed by atoms with Crippen molar-refractivity contribution in [3.8, 4) is 0 Å². The van der Waals surface area contributed by atoms with Gasteiger partial charge in [-0.15, -0.1) is 12.4 Å². The zero-order valence-corrected chi connectivity index (χ0v) is 10.6. The molecule has 0 heterocycles. The molecule has 0 saturated carbocycles. The Morgan fingerprint density at radius 2 is 1.82 bits per heavy atom. The second-order valence-corrected chi connectivity index (χ2v) is 3.20. The smallest absolute Gasteiger partial charge is 0.253 e. The van der Waals surface area contributed by atoms with E-state index in [-0.39, 0.29) is 30.8 Å². The van der Waals surface area contributed by atoms with Crippen LogP contribution in [0, 0.1) is 0 Å². The van der Waals surface area contributed by atoms with Gasteiger partial charge in [-0.2, -0.15) is 0 Å². The number of amides is 2. The van der Waals surface area contributed by atoms with Crippen molar-refractivity contribution in [3.05, 3.63) is 29.8 Å². The first-order valence-electron chi connectivity index (χ1n) is 4.94. The van der Waals surface area contributed by atoms with Gasteiger partial charge in [0.25, 0.3) is 5.91 Å². The molecule has 6 heteroatoms. The minimum absolute atomic E-state index is 0. The maximum Gasteiger partial charge on any atom is 0.253 e. The molecule has 0 spiro atoms. The van der Waals surface area contributed by atoms with Crippen molar-refractivity contribution >= 4 is 29.9 Å². The highest BCUT2D eigenvalue weighted by molar-refractivity contribution is 6.03. The third kappa shape index (κ3) is 4.42. The monoisotopic (exact) mass is 257 g/mol. The Labute approximate surface area is 106 Å². The molecule has 1 aromatic carbocycles. The first kappa shape index (κ1) is 15.4. The summed E-state index contributed by atoms with van der Waals surface area (Å²) in [7, 11) is 3.23. The van der Waals surface area contributed by atoms with Crippen LogP contribution in [0.1, 0.15) is 10.4 Å². The lowest BCUT2D eigenvalue weighted by atomic mass is 10.1. The molecule has 2 amide bonds. The Hall–Kier alpha value is -1.59. The van der Waals surface area contributed by atoms with Crippen molar-refractivity contribution in [2.75, 3.05) is 26.0 Å². The number of carbonyl (C=O) groups is 2. The van der Waals surface area contributed by atoms with E-state index in [4.69, 9.17) is 0 Å². The zero-order valence-electron chi connectivity index (χ0n) is 9.74. The van der Waals surface area contributed by atoms with E-state index in [0.717, 1.165) is 0 Å². The van der Waals surface area contributed by atoms with Crippen LogP contribution < -0.4 is 16.0 Å². The Balaban J connectivity index is 0.00000256. The predicted octanol–water partition coefficient (Wildman–Crippen LogP) is 0.626. The van der Waals surface area contributed by atoms with Crippen LogP contribution >= 0.6 is 12.4 Å². The number of hydrogen-bond donors (Lipinski definition) is 3. The Bertz CT molecular complexity index is 396. The molecule has 17 heavy (non-hydrogen) atoms. The number of anilines is 1. The largest absolute Gasteiger partial charge is 0.355 e. The van der Waals surface area contributed by atoms with E-state index in [1.54, 1.807) is 38.4 Å². The summed E-state index contributed by atoms with van der Waals surface area (Å²) >= 11 is 0. The number of nitrogens with one attached hydrogen (secondary N) is 3.